The van der Waals surface area contributed by atoms with Crippen molar-refractivity contribution in [2.24, 2.45) is 40.5 Å². The highest BCUT2D eigenvalue weighted by molar-refractivity contribution is 6.01. The van der Waals surface area contributed by atoms with Crippen LogP contribution in [0.5, 0.6) is 0 Å². The molecule has 0 bridgehead atoms. The zero-order chi connectivity index (χ0) is 68.0. The number of nitrogens with one attached hydrogen (secondary N) is 10. The molecule has 0 spiro atoms. The summed E-state index contributed by atoms with van der Waals surface area (Å²) in [5, 5.41) is 62.7. The van der Waals surface area contributed by atoms with E-state index in [-0.39, 0.29) is 57.5 Å². The largest absolute Gasteiger partial charge is 0.481 e. The number of carboxylic acids is 2. The summed E-state index contributed by atoms with van der Waals surface area (Å²) in [5.41, 5.74) is 27.1. The summed E-state index contributed by atoms with van der Waals surface area (Å²) < 4.78 is 0. The van der Waals surface area contributed by atoms with Crippen LogP contribution in [0.25, 0.3) is 0 Å². The Bertz CT molecular complexity index is 2540. The lowest BCUT2D eigenvalue weighted by Gasteiger charge is -2.31. The van der Waals surface area contributed by atoms with E-state index in [1.807, 2.05) is 0 Å². The number of aliphatic hydroxyl groups is 2. The second kappa shape index (κ2) is 39.3. The second-order valence-electron chi connectivity index (χ2n) is 22.2. The predicted octanol–water partition coefficient (Wildman–Crippen LogP) is -8.64. The maximum absolute atomic E-state index is 14.2. The van der Waals surface area contributed by atoms with Gasteiger partial charge in [-0.3, -0.25) is 76.7 Å². The number of rotatable bonds is 42. The van der Waals surface area contributed by atoms with E-state index in [9.17, 15) is 97.1 Å². The van der Waals surface area contributed by atoms with Crippen molar-refractivity contribution in [2.45, 2.75) is 198 Å². The summed E-state index contributed by atoms with van der Waals surface area (Å²) in [6.07, 6.45) is -5.94. The van der Waals surface area contributed by atoms with Gasteiger partial charge in [0.05, 0.1) is 32.1 Å². The smallest absolute Gasteiger partial charge is 0.305 e. The summed E-state index contributed by atoms with van der Waals surface area (Å²) in [5.74, 6) is -18.8. The van der Waals surface area contributed by atoms with Crippen LogP contribution >= 0.6 is 0 Å². The van der Waals surface area contributed by atoms with Crippen LogP contribution in [-0.4, -0.2) is 219 Å². The van der Waals surface area contributed by atoms with E-state index in [1.54, 1.807) is 27.7 Å². The van der Waals surface area contributed by atoms with Gasteiger partial charge in [0.1, 0.15) is 66.5 Å². The Labute approximate surface area is 512 Å². The number of nitrogens with two attached hydrogens (primary N) is 5. The van der Waals surface area contributed by atoms with Gasteiger partial charge >= 0.3 is 11.9 Å². The monoisotopic (exact) mass is 1270 g/mol. The first-order valence-corrected chi connectivity index (χ1v) is 28.9. The molecule has 0 aromatic rings. The van der Waals surface area contributed by atoms with E-state index >= 15 is 0 Å². The highest BCUT2D eigenvalue weighted by atomic mass is 16.4. The first-order chi connectivity index (χ1) is 41.6. The Hall–Kier alpha value is -8.64. The Morgan fingerprint density at radius 3 is 1.36 bits per heavy atom. The number of primary amides is 3. The van der Waals surface area contributed by atoms with Crippen molar-refractivity contribution < 1.29 is 97.1 Å². The summed E-state index contributed by atoms with van der Waals surface area (Å²) in [4.78, 5) is 211. The fraction of sp³-hybridized carbons (Fsp3) is 0.698. The summed E-state index contributed by atoms with van der Waals surface area (Å²) in [7, 11) is 0. The van der Waals surface area contributed by atoms with Gasteiger partial charge in [-0.15, -0.1) is 0 Å². The zero-order valence-electron chi connectivity index (χ0n) is 50.8. The van der Waals surface area contributed by atoms with Crippen LogP contribution in [0.2, 0.25) is 0 Å². The average Bonchev–Trinajstić information content (AvgIpc) is 3.07. The minimum absolute atomic E-state index is 0.00363. The van der Waals surface area contributed by atoms with Gasteiger partial charge in [-0.25, -0.2) is 0 Å². The number of carbonyl (C=O) groups is 16. The van der Waals surface area contributed by atoms with Crippen molar-refractivity contribution in [3.63, 3.8) is 0 Å². The van der Waals surface area contributed by atoms with Gasteiger partial charge in [0.15, 0.2) is 0 Å². The summed E-state index contributed by atoms with van der Waals surface area (Å²) in [6.45, 7) is 7.78. The maximum Gasteiger partial charge on any atom is 0.305 e. The molecule has 1 aliphatic heterocycles. The van der Waals surface area contributed by atoms with E-state index in [4.69, 9.17) is 28.7 Å². The Kier molecular flexibility index (Phi) is 34.6. The third-order valence-corrected chi connectivity index (χ3v) is 13.6. The van der Waals surface area contributed by atoms with Crippen molar-refractivity contribution in [3.8, 4) is 0 Å². The quantitative estimate of drug-likeness (QED) is 0.0252. The minimum atomic E-state index is -2.09. The number of carbonyl (C=O) groups excluding carboxylic acids is 14. The number of hydrogen-bond acceptors (Lipinski definition) is 20. The molecule has 0 aromatic heterocycles. The van der Waals surface area contributed by atoms with Crippen molar-refractivity contribution in [2.75, 3.05) is 26.2 Å². The summed E-state index contributed by atoms with van der Waals surface area (Å²) in [6, 6.07) is -17.9. The van der Waals surface area contributed by atoms with Crippen LogP contribution < -0.4 is 81.8 Å². The van der Waals surface area contributed by atoms with Gasteiger partial charge in [0.25, 0.3) is 0 Å². The molecule has 1 heterocycles. The van der Waals surface area contributed by atoms with E-state index < -0.39 is 225 Å². The van der Waals surface area contributed by atoms with Gasteiger partial charge in [0.2, 0.25) is 82.7 Å². The number of aliphatic carboxylic acids is 2. The molecule has 36 heteroatoms. The lowest BCUT2D eigenvalue weighted by molar-refractivity contribution is -0.145. The van der Waals surface area contributed by atoms with Crippen molar-refractivity contribution in [3.05, 3.63) is 0 Å². The molecule has 502 valence electrons. The SMILES string of the molecule is CC(C)C[C@H](NC(=O)[C@H](CCCCN)NC(=O)[C@H](CCC(N)=O)NC(=O)[C@H](CC(N)=O)NC(=O)[C@H](CC(C)C)NC(=O)[C@H](CC(=O)O)NC(=O)[C@H](CCC(=O)O)NC(=O)[C@@H]1CCCN1C(=O)[C@@H](NC(=O)[C@H](C)NC(=O)CN)[C@@H](C)O)C(=O)N[C@@H](CO)C(N)=O. The molecule has 1 aliphatic rings. The van der Waals surface area contributed by atoms with Crippen molar-refractivity contribution in [1.29, 1.82) is 0 Å². The van der Waals surface area contributed by atoms with Crippen LogP contribution in [0.4, 0.5) is 0 Å². The fourth-order valence-corrected chi connectivity index (χ4v) is 8.95. The highest BCUT2D eigenvalue weighted by Gasteiger charge is 2.42. The Morgan fingerprint density at radius 2 is 0.933 bits per heavy atom. The number of nitrogens with zero attached hydrogens (tertiary/aromatic N) is 1. The second-order valence-corrected chi connectivity index (χ2v) is 22.2. The maximum atomic E-state index is 14.2. The Morgan fingerprint density at radius 1 is 0.494 bits per heavy atom. The van der Waals surface area contributed by atoms with E-state index in [1.165, 1.54) is 13.8 Å². The Balaban J connectivity index is 3.58. The molecular formula is C53H90N16O20. The lowest BCUT2D eigenvalue weighted by atomic mass is 10.0. The third kappa shape index (κ3) is 28.8. The number of likely N-dealkylation sites (tertiary alicyclic amines) is 1. The van der Waals surface area contributed by atoms with Crippen molar-refractivity contribution in [1.82, 2.24) is 58.1 Å². The lowest BCUT2D eigenvalue weighted by Crippen LogP contribution is -2.61. The van der Waals surface area contributed by atoms with Crippen LogP contribution in [0.1, 0.15) is 125 Å². The minimum Gasteiger partial charge on any atom is -0.481 e. The number of carboxylic acid groups (broad SMARTS) is 2. The molecule has 36 nitrogen and oxygen atoms in total. The van der Waals surface area contributed by atoms with E-state index in [2.05, 4.69) is 53.2 Å². The van der Waals surface area contributed by atoms with Gasteiger partial charge < -0.3 is 107 Å². The molecular weight excluding hydrogens is 1180 g/mol. The predicted molar refractivity (Wildman–Crippen MR) is 310 cm³/mol. The standard InChI is InChI=1S/C53H90N16O20/c1-24(2)18-31(64-51(87)34(21-41(77)78)66-47(83)30(13-15-40(75)76)62-52(88)36-11-9-17-69(36)53(89)42(27(6)71)68-44(80)26(5)59-39(74)22-55)48(84)65-33(20-38(57)73)50(86)61-29(12-14-37(56)72)46(82)60-28(10-7-8-16-54)45(81)63-32(19-25(3)4)49(85)67-35(23-70)43(58)79/h24-36,42,70-71H,7-23,54-55H2,1-6H3,(H2,56,72)(H2,57,73)(H2,58,79)(H,59,74)(H,60,82)(H,61,86)(H,62,88)(H,63,81)(H,64,87)(H,65,84)(H,66,83)(H,67,85)(H,68,80)(H,75,76)(H,77,78)/t26-,27+,28-,29-,30-,31-,32-,33-,34-,35-,36-,42-/m0/s1. The molecule has 24 N–H and O–H groups in total. The molecule has 1 fully saturated rings. The molecule has 0 aliphatic carbocycles. The zero-order valence-corrected chi connectivity index (χ0v) is 50.8. The molecule has 1 saturated heterocycles. The van der Waals surface area contributed by atoms with Gasteiger partial charge in [-0.1, -0.05) is 27.7 Å². The fourth-order valence-electron chi connectivity index (χ4n) is 8.95. The van der Waals surface area contributed by atoms with Gasteiger partial charge in [-0.05, 0) is 90.0 Å². The molecule has 89 heavy (non-hydrogen) atoms. The van der Waals surface area contributed by atoms with Gasteiger partial charge in [0, 0.05) is 19.4 Å². The topological polar surface area (TPSA) is 608 Å². The van der Waals surface area contributed by atoms with Crippen LogP contribution in [0.3, 0.4) is 0 Å². The highest BCUT2D eigenvalue weighted by Crippen LogP contribution is 2.21. The third-order valence-electron chi connectivity index (χ3n) is 13.6. The summed E-state index contributed by atoms with van der Waals surface area (Å²) >= 11 is 0. The number of amides is 14. The number of aliphatic hydroxyl groups excluding tert-OH is 2. The molecule has 0 aromatic carbocycles. The molecule has 0 unspecified atom stereocenters. The number of unbranched alkanes of at least 4 members (excludes halogenated alkanes) is 1. The van der Waals surface area contributed by atoms with E-state index in [0.717, 1.165) is 4.90 Å². The molecule has 1 rings (SSSR count). The molecule has 0 saturated carbocycles. The van der Waals surface area contributed by atoms with Crippen molar-refractivity contribution >= 4 is 94.6 Å². The number of hydrogen-bond donors (Lipinski definition) is 19. The first-order valence-electron chi connectivity index (χ1n) is 28.9. The van der Waals surface area contributed by atoms with Crippen LogP contribution in [-0.2, 0) is 76.7 Å². The van der Waals surface area contributed by atoms with Crippen LogP contribution in [0, 0.1) is 11.8 Å². The first kappa shape index (κ1) is 78.4. The van der Waals surface area contributed by atoms with Gasteiger partial charge in [-0.2, -0.15) is 0 Å². The van der Waals surface area contributed by atoms with E-state index in [0.29, 0.717) is 6.42 Å². The normalized spacial score (nSPS) is 16.5. The average molecular weight is 1270 g/mol. The molecule has 12 atom stereocenters. The molecule has 14 amide bonds. The van der Waals surface area contributed by atoms with Crippen LogP contribution in [0.15, 0.2) is 0 Å². The molecule has 0 radical (unpaired) electrons.